The van der Waals surface area contributed by atoms with E-state index >= 15 is 0 Å². The van der Waals surface area contributed by atoms with Crippen LogP contribution in [0, 0.1) is 0 Å². The van der Waals surface area contributed by atoms with Crippen molar-refractivity contribution in [2.75, 3.05) is 55.6 Å². The average molecular weight is 493 g/mol. The molecule has 192 valence electrons. The van der Waals surface area contributed by atoms with Crippen molar-refractivity contribution in [3.05, 3.63) is 52.6 Å². The first kappa shape index (κ1) is 25.6. The number of likely N-dealkylation sites (N-methyl/N-ethyl adjacent to an activating group) is 1. The number of rotatable bonds is 8. The Labute approximate surface area is 213 Å². The summed E-state index contributed by atoms with van der Waals surface area (Å²) < 4.78 is 22.1. The summed E-state index contributed by atoms with van der Waals surface area (Å²) in [6.45, 7) is 3.66. The summed E-state index contributed by atoms with van der Waals surface area (Å²) in [5, 5.41) is 0. The molecule has 2 aromatic carbocycles. The largest absolute Gasteiger partial charge is 0.497 e. The van der Waals surface area contributed by atoms with Crippen LogP contribution in [0.3, 0.4) is 0 Å². The molecule has 36 heavy (non-hydrogen) atoms. The molecule has 1 saturated heterocycles. The van der Waals surface area contributed by atoms with Crippen LogP contribution in [-0.4, -0.2) is 77.4 Å². The topological polar surface area (TPSA) is 60.5 Å². The van der Waals surface area contributed by atoms with Crippen LogP contribution in [0.4, 0.5) is 0 Å². The number of ether oxygens (including phenoxy) is 4. The summed E-state index contributed by atoms with van der Waals surface area (Å²) in [5.74, 6) is 2.68. The molecule has 2 aromatic rings. The molecule has 1 atom stereocenters. The van der Waals surface area contributed by atoms with Gasteiger partial charge in [-0.2, -0.15) is 0 Å². The maximum atomic E-state index is 13.4. The van der Waals surface area contributed by atoms with Gasteiger partial charge in [0.25, 0.3) is 0 Å². The SMILES string of the molecule is COc1ccc2c(c1)C(CC(=O)N1CC[C@@H](N(C)C)C1)=C(C)/C2=C/c1cc(OC)c(OC)c(OC)c1. The number of fused-ring (bicyclic) bond motifs is 1. The highest BCUT2D eigenvalue weighted by atomic mass is 16.5. The van der Waals surface area contributed by atoms with Crippen LogP contribution in [0.5, 0.6) is 23.0 Å². The molecule has 0 aromatic heterocycles. The maximum absolute atomic E-state index is 13.4. The molecule has 1 amide bonds. The number of hydrogen-bond donors (Lipinski definition) is 0. The lowest BCUT2D eigenvalue weighted by Gasteiger charge is -2.21. The summed E-state index contributed by atoms with van der Waals surface area (Å²) >= 11 is 0. The molecule has 2 aliphatic rings. The molecule has 1 fully saturated rings. The predicted molar refractivity (Wildman–Crippen MR) is 143 cm³/mol. The van der Waals surface area contributed by atoms with Gasteiger partial charge in [-0.3, -0.25) is 4.79 Å². The lowest BCUT2D eigenvalue weighted by molar-refractivity contribution is -0.129. The van der Waals surface area contributed by atoms with E-state index in [1.807, 2.05) is 29.2 Å². The maximum Gasteiger partial charge on any atom is 0.227 e. The molecule has 7 nitrogen and oxygen atoms in total. The molecule has 0 saturated carbocycles. The Morgan fingerprint density at radius 3 is 2.25 bits per heavy atom. The summed E-state index contributed by atoms with van der Waals surface area (Å²) in [6, 6.07) is 10.3. The van der Waals surface area contributed by atoms with Crippen molar-refractivity contribution in [3.63, 3.8) is 0 Å². The fourth-order valence-electron chi connectivity index (χ4n) is 5.12. The van der Waals surface area contributed by atoms with E-state index in [1.54, 1.807) is 28.4 Å². The van der Waals surface area contributed by atoms with E-state index in [0.717, 1.165) is 58.7 Å². The second-order valence-electron chi connectivity index (χ2n) is 9.45. The van der Waals surface area contributed by atoms with Crippen molar-refractivity contribution >= 4 is 23.1 Å². The zero-order valence-corrected chi connectivity index (χ0v) is 22.3. The van der Waals surface area contributed by atoms with E-state index in [-0.39, 0.29) is 5.91 Å². The van der Waals surface area contributed by atoms with Crippen molar-refractivity contribution in [1.82, 2.24) is 9.80 Å². The summed E-state index contributed by atoms with van der Waals surface area (Å²) in [7, 11) is 10.6. The second kappa shape index (κ2) is 10.7. The number of carbonyl (C=O) groups excluding carboxylic acids is 1. The molecule has 0 N–H and O–H groups in total. The molecule has 0 spiro atoms. The lowest BCUT2D eigenvalue weighted by Crippen LogP contribution is -2.34. The van der Waals surface area contributed by atoms with E-state index < -0.39 is 0 Å². The Bertz CT molecular complexity index is 1190. The Morgan fingerprint density at radius 2 is 1.69 bits per heavy atom. The van der Waals surface area contributed by atoms with Gasteiger partial charge in [-0.1, -0.05) is 6.07 Å². The Kier molecular flexibility index (Phi) is 7.59. The molecular weight excluding hydrogens is 456 g/mol. The van der Waals surface area contributed by atoms with Crippen LogP contribution in [-0.2, 0) is 4.79 Å². The van der Waals surface area contributed by atoms with Crippen LogP contribution in [0.2, 0.25) is 0 Å². The Morgan fingerprint density at radius 1 is 1.00 bits per heavy atom. The highest BCUT2D eigenvalue weighted by Gasteiger charge is 2.31. The number of methoxy groups -OCH3 is 4. The molecular formula is C29H36N2O5. The van der Waals surface area contributed by atoms with Crippen molar-refractivity contribution in [2.45, 2.75) is 25.8 Å². The monoisotopic (exact) mass is 492 g/mol. The van der Waals surface area contributed by atoms with Gasteiger partial charge in [-0.15, -0.1) is 0 Å². The zero-order chi connectivity index (χ0) is 26.0. The van der Waals surface area contributed by atoms with Gasteiger partial charge < -0.3 is 28.7 Å². The van der Waals surface area contributed by atoms with Crippen LogP contribution >= 0.6 is 0 Å². The van der Waals surface area contributed by atoms with E-state index in [4.69, 9.17) is 18.9 Å². The minimum atomic E-state index is 0.163. The van der Waals surface area contributed by atoms with Gasteiger partial charge in [-0.25, -0.2) is 0 Å². The standard InChI is InChI=1S/C29H36N2O5/c1-18-23(12-19-13-26(34-5)29(36-7)27(14-19)35-6)22-9-8-21(33-4)15-25(22)24(18)16-28(32)31-11-10-20(17-31)30(2)3/h8-9,12-15,20H,10-11,16-17H2,1-7H3/b23-12-/t20-/m1/s1. The van der Waals surface area contributed by atoms with Gasteiger partial charge in [0.2, 0.25) is 11.7 Å². The fraction of sp³-hybridized carbons (Fsp3) is 0.414. The smallest absolute Gasteiger partial charge is 0.227 e. The summed E-state index contributed by atoms with van der Waals surface area (Å²) in [4.78, 5) is 17.5. The van der Waals surface area contributed by atoms with Gasteiger partial charge in [0.15, 0.2) is 11.5 Å². The number of amides is 1. The zero-order valence-electron chi connectivity index (χ0n) is 22.3. The van der Waals surface area contributed by atoms with Crippen molar-refractivity contribution < 1.29 is 23.7 Å². The normalized spacial score (nSPS) is 18.2. The highest BCUT2D eigenvalue weighted by molar-refractivity contribution is 6.08. The number of likely N-dealkylation sites (tertiary alicyclic amines) is 1. The quantitative estimate of drug-likeness (QED) is 0.537. The lowest BCUT2D eigenvalue weighted by atomic mass is 10.00. The molecule has 1 aliphatic carbocycles. The Hall–Kier alpha value is -3.45. The minimum absolute atomic E-state index is 0.163. The number of allylic oxidation sites excluding steroid dienone is 2. The number of nitrogens with zero attached hydrogens (tertiary/aromatic N) is 2. The Balaban J connectivity index is 1.74. The average Bonchev–Trinajstić information content (AvgIpc) is 3.48. The van der Waals surface area contributed by atoms with Gasteiger partial charge in [0, 0.05) is 19.1 Å². The van der Waals surface area contributed by atoms with E-state index in [1.165, 1.54) is 0 Å². The number of hydrogen-bond acceptors (Lipinski definition) is 6. The highest BCUT2D eigenvalue weighted by Crippen LogP contribution is 2.46. The van der Waals surface area contributed by atoms with Crippen LogP contribution in [0.25, 0.3) is 17.2 Å². The van der Waals surface area contributed by atoms with Crippen molar-refractivity contribution in [1.29, 1.82) is 0 Å². The molecule has 0 radical (unpaired) electrons. The summed E-state index contributed by atoms with van der Waals surface area (Å²) in [6.07, 6.45) is 3.48. The van der Waals surface area contributed by atoms with Gasteiger partial charge in [0.05, 0.1) is 34.9 Å². The minimum Gasteiger partial charge on any atom is -0.497 e. The molecule has 1 aliphatic heterocycles. The first-order chi connectivity index (χ1) is 17.3. The third-order valence-corrected chi connectivity index (χ3v) is 7.27. The third kappa shape index (κ3) is 4.80. The third-order valence-electron chi connectivity index (χ3n) is 7.27. The van der Waals surface area contributed by atoms with Crippen LogP contribution in [0.1, 0.15) is 36.5 Å². The fourth-order valence-corrected chi connectivity index (χ4v) is 5.12. The molecule has 1 heterocycles. The first-order valence-electron chi connectivity index (χ1n) is 12.2. The number of benzene rings is 2. The van der Waals surface area contributed by atoms with Crippen molar-refractivity contribution in [3.8, 4) is 23.0 Å². The second-order valence-corrected chi connectivity index (χ2v) is 9.45. The van der Waals surface area contributed by atoms with Gasteiger partial charge >= 0.3 is 0 Å². The molecule has 0 unspecified atom stereocenters. The molecule has 4 rings (SSSR count). The van der Waals surface area contributed by atoms with Crippen LogP contribution in [0.15, 0.2) is 35.9 Å². The van der Waals surface area contributed by atoms with E-state index in [0.29, 0.717) is 29.7 Å². The van der Waals surface area contributed by atoms with E-state index in [9.17, 15) is 4.79 Å². The van der Waals surface area contributed by atoms with Crippen LogP contribution < -0.4 is 18.9 Å². The van der Waals surface area contributed by atoms with Gasteiger partial charge in [0.1, 0.15) is 5.75 Å². The van der Waals surface area contributed by atoms with Gasteiger partial charge in [-0.05, 0) is 91.2 Å². The summed E-state index contributed by atoms with van der Waals surface area (Å²) in [5.41, 5.74) is 6.24. The molecule has 0 bridgehead atoms. The molecule has 7 heteroatoms. The van der Waals surface area contributed by atoms with Crippen molar-refractivity contribution in [2.24, 2.45) is 0 Å². The first-order valence-corrected chi connectivity index (χ1v) is 12.2. The predicted octanol–water partition coefficient (Wildman–Crippen LogP) is 4.60. The number of carbonyl (C=O) groups is 1. The van der Waals surface area contributed by atoms with E-state index in [2.05, 4.69) is 38.1 Å².